The predicted octanol–water partition coefficient (Wildman–Crippen LogP) is 2.29. The highest BCUT2D eigenvalue weighted by Gasteiger charge is 2.12. The summed E-state index contributed by atoms with van der Waals surface area (Å²) in [6.45, 7) is 7.61. The van der Waals surface area contributed by atoms with Crippen LogP contribution in [0.25, 0.3) is 0 Å². The van der Waals surface area contributed by atoms with Crippen LogP contribution < -0.4 is 5.73 Å². The number of carbonyl (C=O) groups excluding carboxylic acids is 1. The molecule has 1 amide bonds. The van der Waals surface area contributed by atoms with Gasteiger partial charge < -0.3 is 10.6 Å². The molecule has 0 heterocycles. The van der Waals surface area contributed by atoms with Gasteiger partial charge in [0, 0.05) is 20.0 Å². The molecule has 0 aromatic heterocycles. The van der Waals surface area contributed by atoms with Gasteiger partial charge in [0.2, 0.25) is 5.91 Å². The van der Waals surface area contributed by atoms with E-state index in [4.69, 9.17) is 5.73 Å². The number of hydrogen-bond acceptors (Lipinski definition) is 2. The van der Waals surface area contributed by atoms with Crippen LogP contribution in [0, 0.1) is 19.8 Å². The van der Waals surface area contributed by atoms with Crippen LogP contribution in [0.3, 0.4) is 0 Å². The molecule has 3 nitrogen and oxygen atoms in total. The Kier molecular flexibility index (Phi) is 6.03. The average Bonchev–Trinajstić information content (AvgIpc) is 2.37. The van der Waals surface area contributed by atoms with E-state index >= 15 is 0 Å². The standard InChI is InChI=1S/C16H26N2O/c1-12-5-6-15(14(3)9-12)7-8-16(19)18(4)11-13(2)10-17/h5-6,9,13H,7-8,10-11,17H2,1-4H3. The summed E-state index contributed by atoms with van der Waals surface area (Å²) < 4.78 is 0. The first kappa shape index (κ1) is 15.7. The van der Waals surface area contributed by atoms with E-state index in [1.54, 1.807) is 4.90 Å². The molecule has 106 valence electrons. The first-order chi connectivity index (χ1) is 8.93. The van der Waals surface area contributed by atoms with Crippen LogP contribution in [0.4, 0.5) is 0 Å². The summed E-state index contributed by atoms with van der Waals surface area (Å²) in [4.78, 5) is 13.8. The van der Waals surface area contributed by atoms with Crippen LogP contribution in [-0.2, 0) is 11.2 Å². The van der Waals surface area contributed by atoms with Crippen molar-refractivity contribution in [1.82, 2.24) is 4.90 Å². The van der Waals surface area contributed by atoms with Crippen molar-refractivity contribution in [2.45, 2.75) is 33.6 Å². The van der Waals surface area contributed by atoms with E-state index in [0.29, 0.717) is 18.9 Å². The number of nitrogens with two attached hydrogens (primary N) is 1. The Bertz CT molecular complexity index is 429. The van der Waals surface area contributed by atoms with Crippen molar-refractivity contribution < 1.29 is 4.79 Å². The van der Waals surface area contributed by atoms with E-state index in [1.165, 1.54) is 16.7 Å². The third kappa shape index (κ3) is 5.03. The normalized spacial score (nSPS) is 12.3. The first-order valence-electron chi connectivity index (χ1n) is 6.94. The molecule has 0 aliphatic carbocycles. The molecule has 1 aromatic carbocycles. The molecule has 1 aromatic rings. The Morgan fingerprint density at radius 2 is 2.05 bits per heavy atom. The zero-order chi connectivity index (χ0) is 14.4. The molecule has 0 spiro atoms. The molecule has 1 atom stereocenters. The molecule has 0 aliphatic heterocycles. The Labute approximate surface area is 116 Å². The Hall–Kier alpha value is -1.35. The fourth-order valence-corrected chi connectivity index (χ4v) is 2.20. The van der Waals surface area contributed by atoms with Crippen molar-refractivity contribution in [2.75, 3.05) is 20.1 Å². The van der Waals surface area contributed by atoms with Crippen LogP contribution in [0.2, 0.25) is 0 Å². The third-order valence-electron chi connectivity index (χ3n) is 3.52. The lowest BCUT2D eigenvalue weighted by Gasteiger charge is -2.21. The molecule has 0 fully saturated rings. The summed E-state index contributed by atoms with van der Waals surface area (Å²) in [6, 6.07) is 6.40. The highest BCUT2D eigenvalue weighted by atomic mass is 16.2. The van der Waals surface area contributed by atoms with Gasteiger partial charge in [-0.2, -0.15) is 0 Å². The molecular weight excluding hydrogens is 236 g/mol. The number of aryl methyl sites for hydroxylation is 3. The maximum absolute atomic E-state index is 12.0. The Morgan fingerprint density at radius 1 is 1.37 bits per heavy atom. The van der Waals surface area contributed by atoms with Gasteiger partial charge in [0.15, 0.2) is 0 Å². The molecule has 0 aliphatic rings. The van der Waals surface area contributed by atoms with Crippen LogP contribution in [-0.4, -0.2) is 30.9 Å². The van der Waals surface area contributed by atoms with Gasteiger partial charge in [0.05, 0.1) is 0 Å². The minimum absolute atomic E-state index is 0.195. The largest absolute Gasteiger partial charge is 0.345 e. The fourth-order valence-electron chi connectivity index (χ4n) is 2.20. The number of nitrogens with zero attached hydrogens (tertiary/aromatic N) is 1. The van der Waals surface area contributed by atoms with E-state index in [2.05, 4.69) is 39.0 Å². The number of carbonyl (C=O) groups is 1. The van der Waals surface area contributed by atoms with Crippen molar-refractivity contribution in [3.05, 3.63) is 34.9 Å². The number of hydrogen-bond donors (Lipinski definition) is 1. The van der Waals surface area contributed by atoms with E-state index < -0.39 is 0 Å². The molecule has 0 radical (unpaired) electrons. The lowest BCUT2D eigenvalue weighted by atomic mass is 10.0. The summed E-state index contributed by atoms with van der Waals surface area (Å²) in [7, 11) is 1.86. The summed E-state index contributed by atoms with van der Waals surface area (Å²) in [6.07, 6.45) is 1.38. The summed E-state index contributed by atoms with van der Waals surface area (Å²) >= 11 is 0. The Morgan fingerprint density at radius 3 is 2.63 bits per heavy atom. The fraction of sp³-hybridized carbons (Fsp3) is 0.562. The second kappa shape index (κ2) is 7.29. The molecular formula is C16H26N2O. The highest BCUT2D eigenvalue weighted by Crippen LogP contribution is 2.13. The van der Waals surface area contributed by atoms with Crippen LogP contribution in [0.15, 0.2) is 18.2 Å². The summed E-state index contributed by atoms with van der Waals surface area (Å²) in [5.41, 5.74) is 9.38. The predicted molar refractivity (Wildman–Crippen MR) is 80.1 cm³/mol. The van der Waals surface area contributed by atoms with E-state index in [0.717, 1.165) is 13.0 Å². The third-order valence-corrected chi connectivity index (χ3v) is 3.52. The second-order valence-electron chi connectivity index (χ2n) is 5.55. The van der Waals surface area contributed by atoms with Gasteiger partial charge in [0.25, 0.3) is 0 Å². The number of benzene rings is 1. The van der Waals surface area contributed by atoms with Gasteiger partial charge in [-0.1, -0.05) is 30.7 Å². The zero-order valence-corrected chi connectivity index (χ0v) is 12.6. The van der Waals surface area contributed by atoms with E-state index in [9.17, 15) is 4.79 Å². The molecule has 0 saturated carbocycles. The highest BCUT2D eigenvalue weighted by molar-refractivity contribution is 5.76. The van der Waals surface area contributed by atoms with Crippen LogP contribution >= 0.6 is 0 Å². The SMILES string of the molecule is Cc1ccc(CCC(=O)N(C)CC(C)CN)c(C)c1. The van der Waals surface area contributed by atoms with Gasteiger partial charge in [-0.15, -0.1) is 0 Å². The number of rotatable bonds is 6. The van der Waals surface area contributed by atoms with Crippen molar-refractivity contribution in [3.8, 4) is 0 Å². The lowest BCUT2D eigenvalue weighted by Crippen LogP contribution is -2.33. The van der Waals surface area contributed by atoms with E-state index in [1.807, 2.05) is 7.05 Å². The quantitative estimate of drug-likeness (QED) is 0.855. The molecule has 3 heteroatoms. The minimum Gasteiger partial charge on any atom is -0.345 e. The van der Waals surface area contributed by atoms with Crippen LogP contribution in [0.1, 0.15) is 30.0 Å². The van der Waals surface area contributed by atoms with Gasteiger partial charge >= 0.3 is 0 Å². The monoisotopic (exact) mass is 262 g/mol. The maximum Gasteiger partial charge on any atom is 0.222 e. The minimum atomic E-state index is 0.195. The lowest BCUT2D eigenvalue weighted by molar-refractivity contribution is -0.130. The van der Waals surface area contributed by atoms with Crippen molar-refractivity contribution in [2.24, 2.45) is 11.7 Å². The number of amides is 1. The molecule has 1 rings (SSSR count). The van der Waals surface area contributed by atoms with Crippen molar-refractivity contribution in [1.29, 1.82) is 0 Å². The molecule has 19 heavy (non-hydrogen) atoms. The van der Waals surface area contributed by atoms with Crippen molar-refractivity contribution in [3.63, 3.8) is 0 Å². The van der Waals surface area contributed by atoms with Crippen molar-refractivity contribution >= 4 is 5.91 Å². The smallest absolute Gasteiger partial charge is 0.222 e. The Balaban J connectivity index is 2.49. The van der Waals surface area contributed by atoms with Gasteiger partial charge in [-0.05, 0) is 43.9 Å². The van der Waals surface area contributed by atoms with Gasteiger partial charge in [-0.3, -0.25) is 4.79 Å². The topological polar surface area (TPSA) is 46.3 Å². The van der Waals surface area contributed by atoms with E-state index in [-0.39, 0.29) is 5.91 Å². The maximum atomic E-state index is 12.0. The zero-order valence-electron chi connectivity index (χ0n) is 12.6. The first-order valence-corrected chi connectivity index (χ1v) is 6.94. The van der Waals surface area contributed by atoms with Gasteiger partial charge in [0.1, 0.15) is 0 Å². The molecule has 1 unspecified atom stereocenters. The average molecular weight is 262 g/mol. The molecule has 2 N–H and O–H groups in total. The second-order valence-corrected chi connectivity index (χ2v) is 5.55. The van der Waals surface area contributed by atoms with Crippen LogP contribution in [0.5, 0.6) is 0 Å². The molecule has 0 saturated heterocycles. The summed E-state index contributed by atoms with van der Waals surface area (Å²) in [5.74, 6) is 0.551. The molecule has 0 bridgehead atoms. The van der Waals surface area contributed by atoms with Gasteiger partial charge in [-0.25, -0.2) is 0 Å². The summed E-state index contributed by atoms with van der Waals surface area (Å²) in [5, 5.41) is 0.